The van der Waals surface area contributed by atoms with Crippen molar-refractivity contribution in [2.24, 2.45) is 5.92 Å². The van der Waals surface area contributed by atoms with Crippen molar-refractivity contribution in [2.75, 3.05) is 38.5 Å². The quantitative estimate of drug-likeness (QED) is 0.261. The molecule has 0 N–H and O–H groups in total. The second kappa shape index (κ2) is 13.1. The minimum atomic E-state index is -3.29. The van der Waals surface area contributed by atoms with E-state index < -0.39 is 16.0 Å². The summed E-state index contributed by atoms with van der Waals surface area (Å²) in [5, 5.41) is 0. The van der Waals surface area contributed by atoms with Crippen molar-refractivity contribution in [1.29, 1.82) is 0 Å². The van der Waals surface area contributed by atoms with Crippen molar-refractivity contribution in [3.05, 3.63) is 89.5 Å². The highest BCUT2D eigenvalue weighted by molar-refractivity contribution is 7.88. The lowest BCUT2D eigenvalue weighted by Gasteiger charge is -2.33. The van der Waals surface area contributed by atoms with Gasteiger partial charge in [0, 0.05) is 30.8 Å². The molecule has 0 atom stereocenters. The Labute approximate surface area is 242 Å². The van der Waals surface area contributed by atoms with Gasteiger partial charge in [-0.15, -0.1) is 0 Å². The van der Waals surface area contributed by atoms with Crippen LogP contribution in [0.1, 0.15) is 29.5 Å². The lowest BCUT2D eigenvalue weighted by atomic mass is 9.95. The fourth-order valence-electron chi connectivity index (χ4n) is 5.02. The van der Waals surface area contributed by atoms with E-state index in [9.17, 15) is 18.0 Å². The van der Waals surface area contributed by atoms with Gasteiger partial charge in [0.2, 0.25) is 15.9 Å². The predicted molar refractivity (Wildman–Crippen MR) is 161 cm³/mol. The number of esters is 1. The second-order valence-electron chi connectivity index (χ2n) is 10.2. The van der Waals surface area contributed by atoms with Crippen molar-refractivity contribution in [3.8, 4) is 16.9 Å². The van der Waals surface area contributed by atoms with E-state index in [0.29, 0.717) is 38.2 Å². The van der Waals surface area contributed by atoms with Crippen LogP contribution in [0, 0.1) is 12.8 Å². The van der Waals surface area contributed by atoms with Crippen molar-refractivity contribution < 1.29 is 27.5 Å². The molecule has 3 aromatic rings. The lowest BCUT2D eigenvalue weighted by molar-refractivity contribution is -0.134. The van der Waals surface area contributed by atoms with E-state index in [2.05, 4.69) is 6.07 Å². The number of methoxy groups -OCH3 is 2. The molecule has 1 aliphatic rings. The number of ether oxygens (including phenoxy) is 2. The Hall–Kier alpha value is -3.95. The van der Waals surface area contributed by atoms with E-state index in [4.69, 9.17) is 9.47 Å². The molecule has 0 radical (unpaired) electrons. The monoisotopic (exact) mass is 576 g/mol. The molecule has 9 heteroatoms. The van der Waals surface area contributed by atoms with Crippen molar-refractivity contribution >= 4 is 33.7 Å². The Morgan fingerprint density at radius 1 is 0.976 bits per heavy atom. The Balaban J connectivity index is 1.60. The van der Waals surface area contributed by atoms with E-state index in [1.54, 1.807) is 18.1 Å². The molecule has 0 spiro atoms. The minimum Gasteiger partial charge on any atom is -0.496 e. The Kier molecular flexibility index (Phi) is 9.62. The fraction of sp³-hybridized carbons (Fsp3) is 0.312. The van der Waals surface area contributed by atoms with E-state index >= 15 is 0 Å². The van der Waals surface area contributed by atoms with Gasteiger partial charge in [-0.25, -0.2) is 17.5 Å². The highest BCUT2D eigenvalue weighted by Crippen LogP contribution is 2.29. The smallest absolute Gasteiger partial charge is 0.330 e. The van der Waals surface area contributed by atoms with Crippen molar-refractivity contribution in [3.63, 3.8) is 0 Å². The zero-order valence-electron chi connectivity index (χ0n) is 23.9. The number of carbonyl (C=O) groups is 2. The summed E-state index contributed by atoms with van der Waals surface area (Å²) in [4.78, 5) is 27.3. The van der Waals surface area contributed by atoms with E-state index in [-0.39, 0.29) is 11.8 Å². The largest absolute Gasteiger partial charge is 0.496 e. The normalized spacial score (nSPS) is 14.6. The Morgan fingerprint density at radius 3 is 2.27 bits per heavy atom. The fourth-order valence-corrected chi connectivity index (χ4v) is 5.90. The summed E-state index contributed by atoms with van der Waals surface area (Å²) >= 11 is 0. The highest BCUT2D eigenvalue weighted by atomic mass is 32.2. The van der Waals surface area contributed by atoms with Gasteiger partial charge in [0.15, 0.2) is 0 Å². The van der Waals surface area contributed by atoms with E-state index in [1.807, 2.05) is 67.6 Å². The molecule has 0 saturated carbocycles. The zero-order valence-corrected chi connectivity index (χ0v) is 24.7. The van der Waals surface area contributed by atoms with Crippen LogP contribution in [-0.2, 0) is 30.9 Å². The second-order valence-corrected chi connectivity index (χ2v) is 12.2. The van der Waals surface area contributed by atoms with Gasteiger partial charge in [-0.2, -0.15) is 0 Å². The molecule has 1 fully saturated rings. The molecule has 1 amide bonds. The van der Waals surface area contributed by atoms with Crippen molar-refractivity contribution in [2.45, 2.75) is 26.3 Å². The number of aryl methyl sites for hydroxylation is 1. The summed E-state index contributed by atoms with van der Waals surface area (Å²) < 4.78 is 35.5. The SMILES string of the molecule is COC(=O)/C=C/c1cccc(N(Cc2ccc(-c3ccc(OC)c(C)c3)cc2)C(=O)C2CCN(S(C)(=O)=O)CC2)c1. The molecular formula is C32H36N2O6S. The first-order valence-electron chi connectivity index (χ1n) is 13.5. The van der Waals surface area contributed by atoms with E-state index in [0.717, 1.165) is 33.6 Å². The summed E-state index contributed by atoms with van der Waals surface area (Å²) in [6.07, 6.45) is 5.10. The molecular weight excluding hydrogens is 540 g/mol. The average Bonchev–Trinajstić information content (AvgIpc) is 2.98. The molecule has 0 unspecified atom stereocenters. The van der Waals surface area contributed by atoms with Crippen LogP contribution in [0.2, 0.25) is 0 Å². The number of sulfonamides is 1. The third-order valence-electron chi connectivity index (χ3n) is 7.36. The zero-order chi connectivity index (χ0) is 29.6. The average molecular weight is 577 g/mol. The molecule has 1 saturated heterocycles. The topological polar surface area (TPSA) is 93.2 Å². The predicted octanol–water partition coefficient (Wildman–Crippen LogP) is 5.06. The maximum Gasteiger partial charge on any atom is 0.330 e. The maximum atomic E-state index is 13.9. The third kappa shape index (κ3) is 7.62. The Morgan fingerprint density at radius 2 is 1.66 bits per heavy atom. The third-order valence-corrected chi connectivity index (χ3v) is 8.66. The van der Waals surface area contributed by atoms with E-state index in [1.165, 1.54) is 23.7 Å². The molecule has 1 aliphatic heterocycles. The number of piperidine rings is 1. The highest BCUT2D eigenvalue weighted by Gasteiger charge is 2.32. The standard InChI is InChI=1S/C32H36N2O6S/c1-23-20-28(13-14-30(23)39-2)26-11-8-25(9-12-26)22-34(29-7-5-6-24(21-29)10-15-31(35)40-3)32(36)27-16-18-33(19-17-27)41(4,37)38/h5-15,20-21,27H,16-19,22H2,1-4H3/b15-10+. The van der Waals surface area contributed by atoms with Crippen LogP contribution >= 0.6 is 0 Å². The molecule has 3 aromatic carbocycles. The van der Waals surface area contributed by atoms with Crippen molar-refractivity contribution in [1.82, 2.24) is 4.31 Å². The summed E-state index contributed by atoms with van der Waals surface area (Å²) in [6, 6.07) is 21.6. The van der Waals surface area contributed by atoms with Crippen LogP contribution in [0.15, 0.2) is 72.8 Å². The summed E-state index contributed by atoms with van der Waals surface area (Å²) in [6.45, 7) is 2.99. The van der Waals surface area contributed by atoms with Gasteiger partial charge in [0.1, 0.15) is 5.75 Å². The van der Waals surface area contributed by atoms with Crippen LogP contribution < -0.4 is 9.64 Å². The Bertz CT molecular complexity index is 1520. The first-order valence-corrected chi connectivity index (χ1v) is 15.3. The molecule has 0 aliphatic carbocycles. The molecule has 0 aromatic heterocycles. The molecule has 216 valence electrons. The number of rotatable bonds is 9. The molecule has 8 nitrogen and oxygen atoms in total. The van der Waals surface area contributed by atoms with Gasteiger partial charge in [-0.1, -0.05) is 42.5 Å². The number of carbonyl (C=O) groups excluding carboxylic acids is 2. The molecule has 4 rings (SSSR count). The summed E-state index contributed by atoms with van der Waals surface area (Å²) in [7, 11) is -0.319. The van der Waals surface area contributed by atoms with Gasteiger partial charge in [0.05, 0.1) is 27.0 Å². The summed E-state index contributed by atoms with van der Waals surface area (Å²) in [5.74, 6) is 0.0181. The van der Waals surface area contributed by atoms with Crippen LogP contribution in [0.3, 0.4) is 0 Å². The van der Waals surface area contributed by atoms with Gasteiger partial charge in [-0.3, -0.25) is 4.79 Å². The number of nitrogens with zero attached hydrogens (tertiary/aromatic N) is 2. The lowest BCUT2D eigenvalue weighted by Crippen LogP contribution is -2.44. The van der Waals surface area contributed by atoms with Crippen LogP contribution in [0.5, 0.6) is 5.75 Å². The minimum absolute atomic E-state index is 0.0536. The van der Waals surface area contributed by atoms with Crippen LogP contribution in [-0.4, -0.2) is 58.2 Å². The summed E-state index contributed by atoms with van der Waals surface area (Å²) in [5.41, 5.74) is 5.58. The number of anilines is 1. The number of hydrogen-bond donors (Lipinski definition) is 0. The number of benzene rings is 3. The molecule has 1 heterocycles. The molecule has 0 bridgehead atoms. The van der Waals surface area contributed by atoms with Gasteiger partial charge < -0.3 is 14.4 Å². The molecule has 41 heavy (non-hydrogen) atoms. The maximum absolute atomic E-state index is 13.9. The van der Waals surface area contributed by atoms with Gasteiger partial charge in [-0.05, 0) is 77.9 Å². The van der Waals surface area contributed by atoms with Gasteiger partial charge >= 0.3 is 5.97 Å². The first-order chi connectivity index (χ1) is 19.6. The number of hydrogen-bond acceptors (Lipinski definition) is 6. The number of amides is 1. The van der Waals surface area contributed by atoms with Crippen LogP contribution in [0.4, 0.5) is 5.69 Å². The van der Waals surface area contributed by atoms with Gasteiger partial charge in [0.25, 0.3) is 0 Å². The van der Waals surface area contributed by atoms with Crippen LogP contribution in [0.25, 0.3) is 17.2 Å². The first kappa shape index (κ1) is 30.0.